The van der Waals surface area contributed by atoms with Crippen LogP contribution >= 0.6 is 0 Å². The number of carbonyl (C=O) groups excluding carboxylic acids is 1. The predicted octanol–water partition coefficient (Wildman–Crippen LogP) is 5.37. The number of rotatable bonds is 11. The van der Waals surface area contributed by atoms with Crippen molar-refractivity contribution in [3.63, 3.8) is 0 Å². The number of aromatic nitrogens is 1. The maximum atomic E-state index is 13.2. The van der Waals surface area contributed by atoms with Gasteiger partial charge in [0.05, 0.1) is 18.8 Å². The van der Waals surface area contributed by atoms with Crippen molar-refractivity contribution in [2.75, 3.05) is 13.2 Å². The largest absolute Gasteiger partial charge is 0.493 e. The van der Waals surface area contributed by atoms with Crippen molar-refractivity contribution in [3.05, 3.63) is 71.9 Å². The smallest absolute Gasteiger partial charge is 0.387 e. The second kappa shape index (κ2) is 11.0. The van der Waals surface area contributed by atoms with Gasteiger partial charge < -0.3 is 23.9 Å². The SMILES string of the molecule is CCOc1ccccc1C(=O)NC(c1ccc(OC(F)F)c(OCC2CCC2)c1)c1cocn1. The minimum atomic E-state index is -2.99. The van der Waals surface area contributed by atoms with E-state index in [0.29, 0.717) is 41.7 Å². The lowest BCUT2D eigenvalue weighted by molar-refractivity contribution is -0.0517. The minimum Gasteiger partial charge on any atom is -0.493 e. The van der Waals surface area contributed by atoms with Gasteiger partial charge >= 0.3 is 6.61 Å². The van der Waals surface area contributed by atoms with Crippen molar-refractivity contribution in [2.24, 2.45) is 5.92 Å². The number of oxazole rings is 1. The van der Waals surface area contributed by atoms with Gasteiger partial charge in [-0.1, -0.05) is 24.6 Å². The lowest BCUT2D eigenvalue weighted by Crippen LogP contribution is -2.30. The summed E-state index contributed by atoms with van der Waals surface area (Å²) >= 11 is 0. The maximum Gasteiger partial charge on any atom is 0.387 e. The quantitative estimate of drug-likeness (QED) is 0.404. The van der Waals surface area contributed by atoms with Gasteiger partial charge in [-0.2, -0.15) is 8.78 Å². The summed E-state index contributed by atoms with van der Waals surface area (Å²) in [6.07, 6.45) is 5.89. The van der Waals surface area contributed by atoms with Gasteiger partial charge in [0.1, 0.15) is 23.7 Å². The van der Waals surface area contributed by atoms with E-state index in [-0.39, 0.29) is 17.4 Å². The van der Waals surface area contributed by atoms with Crippen molar-refractivity contribution in [3.8, 4) is 17.2 Å². The number of ether oxygens (including phenoxy) is 3. The molecule has 0 bridgehead atoms. The highest BCUT2D eigenvalue weighted by atomic mass is 19.3. The highest BCUT2D eigenvalue weighted by Crippen LogP contribution is 2.35. The van der Waals surface area contributed by atoms with E-state index < -0.39 is 12.7 Å². The molecule has 1 atom stereocenters. The Morgan fingerprint density at radius 2 is 1.97 bits per heavy atom. The fraction of sp³-hybridized carbons (Fsp3) is 0.360. The molecule has 34 heavy (non-hydrogen) atoms. The van der Waals surface area contributed by atoms with Gasteiger partial charge in [-0.3, -0.25) is 4.79 Å². The Morgan fingerprint density at radius 3 is 2.65 bits per heavy atom. The molecule has 1 saturated carbocycles. The van der Waals surface area contributed by atoms with Crippen molar-refractivity contribution in [2.45, 2.75) is 38.8 Å². The molecule has 4 rings (SSSR count). The molecule has 180 valence electrons. The zero-order valence-electron chi connectivity index (χ0n) is 18.7. The molecule has 1 fully saturated rings. The molecule has 3 aromatic rings. The Bertz CT molecular complexity index is 1090. The average Bonchev–Trinajstić information content (AvgIpc) is 3.32. The fourth-order valence-electron chi connectivity index (χ4n) is 3.71. The molecule has 0 radical (unpaired) electrons. The number of alkyl halides is 2. The standard InChI is InChI=1S/C25H26F2N2O5/c1-2-32-20-9-4-3-8-18(20)24(30)29-23(19-14-31-15-28-19)17-10-11-21(34-25(26)27)22(12-17)33-13-16-6-5-7-16/h3-4,8-12,14-16,23,25H,2,5-7,13H2,1H3,(H,29,30). The Morgan fingerprint density at radius 1 is 1.15 bits per heavy atom. The van der Waals surface area contributed by atoms with Crippen LogP contribution in [0.5, 0.6) is 17.2 Å². The molecule has 7 nitrogen and oxygen atoms in total. The first-order chi connectivity index (χ1) is 16.5. The van der Waals surface area contributed by atoms with Gasteiger partial charge in [-0.25, -0.2) is 4.98 Å². The minimum absolute atomic E-state index is 0.0648. The molecule has 0 aliphatic heterocycles. The van der Waals surface area contributed by atoms with Gasteiger partial charge in [0, 0.05) is 0 Å². The summed E-state index contributed by atoms with van der Waals surface area (Å²) in [7, 11) is 0. The molecule has 9 heteroatoms. The van der Waals surface area contributed by atoms with Crippen LogP contribution in [0.25, 0.3) is 0 Å². The Labute approximate surface area is 196 Å². The zero-order valence-corrected chi connectivity index (χ0v) is 18.7. The van der Waals surface area contributed by atoms with Crippen molar-refractivity contribution in [1.29, 1.82) is 0 Å². The maximum absolute atomic E-state index is 13.2. The number of carbonyl (C=O) groups is 1. The van der Waals surface area contributed by atoms with Crippen LogP contribution in [0.3, 0.4) is 0 Å². The number of hydrogen-bond donors (Lipinski definition) is 1. The highest BCUT2D eigenvalue weighted by Gasteiger charge is 2.25. The molecule has 0 spiro atoms. The van der Waals surface area contributed by atoms with Crippen molar-refractivity contribution in [1.82, 2.24) is 10.3 Å². The van der Waals surface area contributed by atoms with Crippen LogP contribution in [0, 0.1) is 5.92 Å². The van der Waals surface area contributed by atoms with E-state index in [1.54, 1.807) is 36.4 Å². The number of hydrogen-bond acceptors (Lipinski definition) is 6. The number of benzene rings is 2. The normalized spacial score (nSPS) is 14.4. The molecule has 0 saturated heterocycles. The monoisotopic (exact) mass is 472 g/mol. The molecule has 1 amide bonds. The molecule has 1 aliphatic rings. The molecule has 1 aromatic heterocycles. The number of nitrogens with zero attached hydrogens (tertiary/aromatic N) is 1. The van der Waals surface area contributed by atoms with Crippen LogP contribution in [0.1, 0.15) is 53.8 Å². The molecule has 1 heterocycles. The average molecular weight is 472 g/mol. The first-order valence-corrected chi connectivity index (χ1v) is 11.2. The fourth-order valence-corrected chi connectivity index (χ4v) is 3.71. The third-order valence-electron chi connectivity index (χ3n) is 5.67. The zero-order chi connectivity index (χ0) is 23.9. The second-order valence-corrected chi connectivity index (χ2v) is 7.94. The Balaban J connectivity index is 1.63. The highest BCUT2D eigenvalue weighted by molar-refractivity contribution is 5.97. The van der Waals surface area contributed by atoms with E-state index in [2.05, 4.69) is 15.0 Å². The van der Waals surface area contributed by atoms with Gasteiger partial charge in [-0.05, 0) is 55.5 Å². The molecule has 1 aliphatic carbocycles. The summed E-state index contributed by atoms with van der Waals surface area (Å²) < 4.78 is 47.1. The van der Waals surface area contributed by atoms with E-state index in [1.165, 1.54) is 18.7 Å². The number of halogens is 2. The van der Waals surface area contributed by atoms with Crippen LogP contribution in [-0.4, -0.2) is 30.7 Å². The first kappa shape index (κ1) is 23.5. The topological polar surface area (TPSA) is 82.8 Å². The summed E-state index contributed by atoms with van der Waals surface area (Å²) in [6, 6.07) is 10.7. The van der Waals surface area contributed by atoms with E-state index in [1.807, 2.05) is 6.92 Å². The molecule has 1 N–H and O–H groups in total. The van der Waals surface area contributed by atoms with Gasteiger partial charge in [-0.15, -0.1) is 0 Å². The van der Waals surface area contributed by atoms with E-state index in [4.69, 9.17) is 13.9 Å². The first-order valence-electron chi connectivity index (χ1n) is 11.2. The third-order valence-corrected chi connectivity index (χ3v) is 5.67. The van der Waals surface area contributed by atoms with Crippen LogP contribution in [0.15, 0.2) is 59.5 Å². The lowest BCUT2D eigenvalue weighted by atomic mass is 9.86. The number of para-hydroxylation sites is 1. The van der Waals surface area contributed by atoms with Crippen molar-refractivity contribution < 1.29 is 32.2 Å². The van der Waals surface area contributed by atoms with Crippen LogP contribution in [0.2, 0.25) is 0 Å². The lowest BCUT2D eigenvalue weighted by Gasteiger charge is -2.26. The predicted molar refractivity (Wildman–Crippen MR) is 119 cm³/mol. The Hall–Kier alpha value is -3.62. The second-order valence-electron chi connectivity index (χ2n) is 7.94. The van der Waals surface area contributed by atoms with Crippen molar-refractivity contribution >= 4 is 5.91 Å². The molecular weight excluding hydrogens is 446 g/mol. The summed E-state index contributed by atoms with van der Waals surface area (Å²) in [5.74, 6) is 0.574. The van der Waals surface area contributed by atoms with Gasteiger partial charge in [0.15, 0.2) is 17.9 Å². The summed E-state index contributed by atoms with van der Waals surface area (Å²) in [5.41, 5.74) is 1.37. The summed E-state index contributed by atoms with van der Waals surface area (Å²) in [4.78, 5) is 17.4. The van der Waals surface area contributed by atoms with E-state index in [9.17, 15) is 13.6 Å². The number of nitrogens with one attached hydrogen (secondary N) is 1. The van der Waals surface area contributed by atoms with Crippen LogP contribution < -0.4 is 19.5 Å². The molecular formula is C25H26F2N2O5. The van der Waals surface area contributed by atoms with E-state index in [0.717, 1.165) is 19.3 Å². The van der Waals surface area contributed by atoms with Crippen LogP contribution in [0.4, 0.5) is 8.78 Å². The summed E-state index contributed by atoms with van der Waals surface area (Å²) in [5, 5.41) is 2.94. The molecule has 2 aromatic carbocycles. The van der Waals surface area contributed by atoms with E-state index >= 15 is 0 Å². The molecule has 1 unspecified atom stereocenters. The summed E-state index contributed by atoms with van der Waals surface area (Å²) in [6.45, 7) is -0.338. The van der Waals surface area contributed by atoms with Crippen LogP contribution in [-0.2, 0) is 0 Å². The Kier molecular flexibility index (Phi) is 7.61. The third kappa shape index (κ3) is 5.65. The van der Waals surface area contributed by atoms with Gasteiger partial charge in [0.25, 0.3) is 5.91 Å². The number of amides is 1. The van der Waals surface area contributed by atoms with Gasteiger partial charge in [0.2, 0.25) is 0 Å².